The number of nitrogens with one attached hydrogen (secondary N) is 1. The van der Waals surface area contributed by atoms with Gasteiger partial charge in [0.15, 0.2) is 0 Å². The van der Waals surface area contributed by atoms with Crippen LogP contribution in [0.3, 0.4) is 0 Å². The van der Waals surface area contributed by atoms with E-state index in [1.807, 2.05) is 0 Å². The van der Waals surface area contributed by atoms with Gasteiger partial charge in [0.25, 0.3) is 0 Å². The van der Waals surface area contributed by atoms with Gasteiger partial charge in [-0.15, -0.1) is 0 Å². The monoisotopic (exact) mass is 283 g/mol. The smallest absolute Gasteiger partial charge is 0.240 e. The molecule has 0 atom stereocenters. The number of hydrogen-bond acceptors (Lipinski definition) is 4. The summed E-state index contributed by atoms with van der Waals surface area (Å²) in [6.45, 7) is 4.04. The van der Waals surface area contributed by atoms with Gasteiger partial charge < -0.3 is 20.7 Å². The molecule has 0 spiro atoms. The maximum atomic E-state index is 12.3. The van der Waals surface area contributed by atoms with Crippen molar-refractivity contribution in [3.8, 4) is 0 Å². The standard InChI is InChI=1S/C15H29N3O2/c1-20-12-4-9-18-10-5-13(6-11-18)17-14(19)15(16)7-2-3-8-15/h13H,2-12,16H2,1H3,(H,17,19). The van der Waals surface area contributed by atoms with Gasteiger partial charge in [-0.1, -0.05) is 12.8 Å². The summed E-state index contributed by atoms with van der Waals surface area (Å²) in [7, 11) is 1.74. The fourth-order valence-corrected chi connectivity index (χ4v) is 3.30. The second-order valence-corrected chi connectivity index (χ2v) is 6.30. The predicted octanol–water partition coefficient (Wildman–Crippen LogP) is 0.875. The summed E-state index contributed by atoms with van der Waals surface area (Å²) in [6.07, 6.45) is 7.01. The van der Waals surface area contributed by atoms with Crippen molar-refractivity contribution < 1.29 is 9.53 Å². The number of amides is 1. The van der Waals surface area contributed by atoms with Gasteiger partial charge in [-0.05, 0) is 32.1 Å². The lowest BCUT2D eigenvalue weighted by Crippen LogP contribution is -2.56. The summed E-state index contributed by atoms with van der Waals surface area (Å²) in [4.78, 5) is 14.7. The number of hydrogen-bond donors (Lipinski definition) is 2. The average molecular weight is 283 g/mol. The van der Waals surface area contributed by atoms with E-state index in [1.54, 1.807) is 7.11 Å². The minimum absolute atomic E-state index is 0.0767. The van der Waals surface area contributed by atoms with Crippen LogP contribution in [-0.4, -0.2) is 55.7 Å². The lowest BCUT2D eigenvalue weighted by atomic mass is 9.96. The van der Waals surface area contributed by atoms with E-state index in [0.29, 0.717) is 6.04 Å². The molecule has 20 heavy (non-hydrogen) atoms. The Morgan fingerprint density at radius 1 is 1.35 bits per heavy atom. The van der Waals surface area contributed by atoms with E-state index in [4.69, 9.17) is 10.5 Å². The van der Waals surface area contributed by atoms with Gasteiger partial charge in [0.1, 0.15) is 0 Å². The minimum atomic E-state index is -0.588. The molecule has 0 unspecified atom stereocenters. The third-order valence-electron chi connectivity index (χ3n) is 4.69. The molecule has 2 aliphatic rings. The fraction of sp³-hybridized carbons (Fsp3) is 0.933. The molecule has 0 aromatic heterocycles. The third kappa shape index (κ3) is 4.17. The number of carbonyl (C=O) groups is 1. The van der Waals surface area contributed by atoms with E-state index >= 15 is 0 Å². The zero-order chi connectivity index (χ0) is 14.4. The molecule has 116 valence electrons. The maximum Gasteiger partial charge on any atom is 0.240 e. The summed E-state index contributed by atoms with van der Waals surface area (Å²) in [5, 5.41) is 3.17. The minimum Gasteiger partial charge on any atom is -0.385 e. The lowest BCUT2D eigenvalue weighted by molar-refractivity contribution is -0.127. The van der Waals surface area contributed by atoms with Crippen LogP contribution in [0.15, 0.2) is 0 Å². The molecule has 5 nitrogen and oxygen atoms in total. The summed E-state index contributed by atoms with van der Waals surface area (Å²) in [6, 6.07) is 0.308. The highest BCUT2D eigenvalue weighted by Crippen LogP contribution is 2.27. The molecule has 1 saturated heterocycles. The average Bonchev–Trinajstić information content (AvgIpc) is 2.89. The van der Waals surface area contributed by atoms with Crippen LogP contribution in [0.5, 0.6) is 0 Å². The maximum absolute atomic E-state index is 12.3. The highest BCUT2D eigenvalue weighted by atomic mass is 16.5. The highest BCUT2D eigenvalue weighted by molar-refractivity contribution is 5.86. The molecule has 0 aromatic rings. The first kappa shape index (κ1) is 15.7. The van der Waals surface area contributed by atoms with Crippen molar-refractivity contribution in [2.45, 2.75) is 56.5 Å². The Morgan fingerprint density at radius 3 is 2.60 bits per heavy atom. The Morgan fingerprint density at radius 2 is 2.00 bits per heavy atom. The van der Waals surface area contributed by atoms with Crippen LogP contribution in [0.4, 0.5) is 0 Å². The van der Waals surface area contributed by atoms with E-state index in [-0.39, 0.29) is 5.91 Å². The largest absolute Gasteiger partial charge is 0.385 e. The summed E-state index contributed by atoms with van der Waals surface area (Å²) in [5.74, 6) is 0.0767. The zero-order valence-electron chi connectivity index (χ0n) is 12.7. The number of nitrogens with two attached hydrogens (primary N) is 1. The Labute approximate surface area is 122 Å². The molecular weight excluding hydrogens is 254 g/mol. The fourth-order valence-electron chi connectivity index (χ4n) is 3.30. The van der Waals surface area contributed by atoms with Crippen molar-refractivity contribution in [1.29, 1.82) is 0 Å². The molecule has 2 rings (SSSR count). The van der Waals surface area contributed by atoms with Crippen molar-refractivity contribution in [3.63, 3.8) is 0 Å². The molecule has 0 bridgehead atoms. The molecule has 2 fully saturated rings. The Hall–Kier alpha value is -0.650. The normalized spacial score (nSPS) is 23.9. The highest BCUT2D eigenvalue weighted by Gasteiger charge is 2.38. The number of likely N-dealkylation sites (tertiary alicyclic amines) is 1. The van der Waals surface area contributed by atoms with E-state index < -0.39 is 5.54 Å². The van der Waals surface area contributed by atoms with Crippen molar-refractivity contribution in [3.05, 3.63) is 0 Å². The van der Waals surface area contributed by atoms with Crippen LogP contribution in [0, 0.1) is 0 Å². The van der Waals surface area contributed by atoms with E-state index in [9.17, 15) is 4.79 Å². The first-order chi connectivity index (χ1) is 9.64. The topological polar surface area (TPSA) is 67.6 Å². The molecule has 1 saturated carbocycles. The molecule has 1 aliphatic heterocycles. The molecule has 0 aromatic carbocycles. The number of methoxy groups -OCH3 is 1. The molecule has 3 N–H and O–H groups in total. The van der Waals surface area contributed by atoms with Gasteiger partial charge in [-0.2, -0.15) is 0 Å². The second kappa shape index (κ2) is 7.38. The van der Waals surface area contributed by atoms with Crippen molar-refractivity contribution in [2.75, 3.05) is 33.4 Å². The van der Waals surface area contributed by atoms with Crippen LogP contribution < -0.4 is 11.1 Å². The SMILES string of the molecule is COCCCN1CCC(NC(=O)C2(N)CCCC2)CC1. The van der Waals surface area contributed by atoms with Crippen LogP contribution in [0.2, 0.25) is 0 Å². The first-order valence-electron chi connectivity index (χ1n) is 7.95. The first-order valence-corrected chi connectivity index (χ1v) is 7.95. The van der Waals surface area contributed by atoms with Crippen LogP contribution in [0.25, 0.3) is 0 Å². The van der Waals surface area contributed by atoms with Crippen LogP contribution >= 0.6 is 0 Å². The Kier molecular flexibility index (Phi) is 5.81. The number of carbonyl (C=O) groups excluding carboxylic acids is 1. The number of nitrogens with zero attached hydrogens (tertiary/aromatic N) is 1. The number of piperidine rings is 1. The second-order valence-electron chi connectivity index (χ2n) is 6.30. The van der Waals surface area contributed by atoms with Crippen molar-refractivity contribution in [1.82, 2.24) is 10.2 Å². The predicted molar refractivity (Wildman–Crippen MR) is 79.5 cm³/mol. The van der Waals surface area contributed by atoms with Gasteiger partial charge in [-0.25, -0.2) is 0 Å². The molecule has 1 aliphatic carbocycles. The summed E-state index contributed by atoms with van der Waals surface area (Å²) < 4.78 is 5.08. The molecular formula is C15H29N3O2. The van der Waals surface area contributed by atoms with E-state index in [2.05, 4.69) is 10.2 Å². The van der Waals surface area contributed by atoms with Gasteiger partial charge in [-0.3, -0.25) is 4.79 Å². The van der Waals surface area contributed by atoms with E-state index in [0.717, 1.165) is 71.2 Å². The molecule has 1 heterocycles. The van der Waals surface area contributed by atoms with Crippen LogP contribution in [-0.2, 0) is 9.53 Å². The van der Waals surface area contributed by atoms with E-state index in [1.165, 1.54) is 0 Å². The van der Waals surface area contributed by atoms with Gasteiger partial charge >= 0.3 is 0 Å². The quantitative estimate of drug-likeness (QED) is 0.710. The summed E-state index contributed by atoms with van der Waals surface area (Å²) >= 11 is 0. The Bertz CT molecular complexity index is 308. The third-order valence-corrected chi connectivity index (χ3v) is 4.69. The number of ether oxygens (including phenoxy) is 1. The molecule has 5 heteroatoms. The van der Waals surface area contributed by atoms with Gasteiger partial charge in [0.05, 0.1) is 5.54 Å². The van der Waals surface area contributed by atoms with Crippen LogP contribution in [0.1, 0.15) is 44.9 Å². The van der Waals surface area contributed by atoms with Gasteiger partial charge in [0.2, 0.25) is 5.91 Å². The van der Waals surface area contributed by atoms with Gasteiger partial charge in [0, 0.05) is 39.4 Å². The zero-order valence-corrected chi connectivity index (χ0v) is 12.7. The summed E-state index contributed by atoms with van der Waals surface area (Å²) in [5.41, 5.74) is 5.60. The Balaban J connectivity index is 1.67. The lowest BCUT2D eigenvalue weighted by Gasteiger charge is -2.34. The van der Waals surface area contributed by atoms with Crippen molar-refractivity contribution >= 4 is 5.91 Å². The van der Waals surface area contributed by atoms with Crippen molar-refractivity contribution in [2.24, 2.45) is 5.73 Å². The number of rotatable bonds is 6. The molecule has 0 radical (unpaired) electrons. The molecule has 1 amide bonds.